The molecule has 0 fully saturated rings. The van der Waals surface area contributed by atoms with Crippen molar-refractivity contribution in [3.05, 3.63) is 94.5 Å². The van der Waals surface area contributed by atoms with E-state index < -0.39 is 14.1 Å². The summed E-state index contributed by atoms with van der Waals surface area (Å²) < 4.78 is 19.6. The first-order chi connectivity index (χ1) is 15.1. The first-order valence-electron chi connectivity index (χ1n) is 11.0. The zero-order chi connectivity index (χ0) is 23.0. The lowest BCUT2D eigenvalue weighted by molar-refractivity contribution is -0.115. The van der Waals surface area contributed by atoms with Gasteiger partial charge in [-0.05, 0) is 41.9 Å². The van der Waals surface area contributed by atoms with E-state index in [4.69, 9.17) is 25.5 Å². The summed E-state index contributed by atoms with van der Waals surface area (Å²) in [7, 11) is -2.14. The Kier molecular flexibility index (Phi) is 6.14. The highest BCUT2D eigenvalue weighted by Crippen LogP contribution is 2.49. The summed E-state index contributed by atoms with van der Waals surface area (Å²) in [5.41, 5.74) is 3.23. The standard InChI is InChI=1S/C27H31ClO3Si/c1-26(2,3)32(4,5)31-27(22-12-14-23(28)15-13-22)18-21-11-16-24(17-25(21)30-27)29-19-20-9-7-6-8-10-20/h6-17H,18-19H2,1-5H3. The fourth-order valence-electron chi connectivity index (χ4n) is 3.62. The molecule has 1 heterocycles. The van der Waals surface area contributed by atoms with Crippen molar-refractivity contribution in [1.29, 1.82) is 0 Å². The maximum absolute atomic E-state index is 6.96. The Balaban J connectivity index is 1.63. The van der Waals surface area contributed by atoms with Crippen molar-refractivity contribution in [3.8, 4) is 11.5 Å². The first-order valence-corrected chi connectivity index (χ1v) is 14.3. The zero-order valence-corrected chi connectivity index (χ0v) is 21.2. The molecular formula is C27H31ClO3Si. The quantitative estimate of drug-likeness (QED) is 0.348. The van der Waals surface area contributed by atoms with Crippen LogP contribution in [0.2, 0.25) is 23.2 Å². The van der Waals surface area contributed by atoms with Gasteiger partial charge in [0.05, 0.1) is 0 Å². The summed E-state index contributed by atoms with van der Waals surface area (Å²) in [4.78, 5) is 0. The van der Waals surface area contributed by atoms with Crippen LogP contribution in [0.3, 0.4) is 0 Å². The van der Waals surface area contributed by atoms with Crippen LogP contribution in [0.5, 0.6) is 11.5 Å². The molecule has 32 heavy (non-hydrogen) atoms. The van der Waals surface area contributed by atoms with Gasteiger partial charge < -0.3 is 13.9 Å². The third-order valence-corrected chi connectivity index (χ3v) is 11.2. The third-order valence-electron chi connectivity index (χ3n) is 6.50. The Labute approximate surface area is 197 Å². The van der Waals surface area contributed by atoms with E-state index in [1.165, 1.54) is 0 Å². The van der Waals surface area contributed by atoms with Crippen LogP contribution in [0.4, 0.5) is 0 Å². The number of halogens is 1. The highest BCUT2D eigenvalue weighted by atomic mass is 35.5. The van der Waals surface area contributed by atoms with Crippen LogP contribution >= 0.6 is 11.6 Å². The first kappa shape index (κ1) is 22.9. The second kappa shape index (κ2) is 8.58. The molecule has 3 aromatic rings. The molecule has 0 spiro atoms. The second-order valence-electron chi connectivity index (χ2n) is 9.94. The number of benzene rings is 3. The van der Waals surface area contributed by atoms with Gasteiger partial charge >= 0.3 is 0 Å². The fourth-order valence-corrected chi connectivity index (χ4v) is 5.11. The van der Waals surface area contributed by atoms with Crippen molar-refractivity contribution in [2.75, 3.05) is 0 Å². The van der Waals surface area contributed by atoms with Crippen molar-refractivity contribution < 1.29 is 13.9 Å². The number of fused-ring (bicyclic) bond motifs is 1. The van der Waals surface area contributed by atoms with Crippen molar-refractivity contribution in [3.63, 3.8) is 0 Å². The molecule has 0 saturated heterocycles. The summed E-state index contributed by atoms with van der Waals surface area (Å²) >= 11 is 6.18. The van der Waals surface area contributed by atoms with E-state index in [-0.39, 0.29) is 5.04 Å². The molecule has 5 heteroatoms. The Morgan fingerprint density at radius 3 is 2.31 bits per heavy atom. The van der Waals surface area contributed by atoms with E-state index in [2.05, 4.69) is 52.1 Å². The van der Waals surface area contributed by atoms with Gasteiger partial charge in [0, 0.05) is 28.6 Å². The van der Waals surface area contributed by atoms with Crippen LogP contribution in [0.25, 0.3) is 0 Å². The van der Waals surface area contributed by atoms with Crippen LogP contribution in [-0.4, -0.2) is 8.32 Å². The molecule has 168 valence electrons. The predicted octanol–water partition coefficient (Wildman–Crippen LogP) is 7.73. The van der Waals surface area contributed by atoms with E-state index >= 15 is 0 Å². The number of hydrogen-bond donors (Lipinski definition) is 0. The summed E-state index contributed by atoms with van der Waals surface area (Å²) in [5, 5.41) is 0.748. The summed E-state index contributed by atoms with van der Waals surface area (Å²) in [5.74, 6) is 0.726. The minimum absolute atomic E-state index is 0.0501. The fraction of sp³-hybridized carbons (Fsp3) is 0.333. The lowest BCUT2D eigenvalue weighted by Gasteiger charge is -2.43. The third kappa shape index (κ3) is 4.73. The lowest BCUT2D eigenvalue weighted by Crippen LogP contribution is -2.50. The van der Waals surface area contributed by atoms with Gasteiger partial charge in [-0.1, -0.05) is 80.9 Å². The topological polar surface area (TPSA) is 27.7 Å². The predicted molar refractivity (Wildman–Crippen MR) is 133 cm³/mol. The van der Waals surface area contributed by atoms with Gasteiger partial charge in [-0.15, -0.1) is 0 Å². The van der Waals surface area contributed by atoms with Gasteiger partial charge in [-0.3, -0.25) is 0 Å². The van der Waals surface area contributed by atoms with E-state index in [0.29, 0.717) is 18.1 Å². The SMILES string of the molecule is CC(C)(C)[Si](C)(C)OC1(c2ccc(Cl)cc2)Cc2ccc(OCc3ccccc3)cc2O1. The van der Waals surface area contributed by atoms with Gasteiger partial charge in [-0.25, -0.2) is 0 Å². The molecule has 4 rings (SSSR count). The van der Waals surface area contributed by atoms with Crippen LogP contribution < -0.4 is 9.47 Å². The van der Waals surface area contributed by atoms with Crippen LogP contribution in [-0.2, 0) is 23.2 Å². The minimum atomic E-state index is -2.14. The van der Waals surface area contributed by atoms with E-state index in [0.717, 1.165) is 28.2 Å². The maximum Gasteiger partial charge on any atom is 0.232 e. The molecular weight excluding hydrogens is 436 g/mol. The molecule has 0 amide bonds. The molecule has 1 aliphatic heterocycles. The molecule has 1 aliphatic rings. The molecule has 3 nitrogen and oxygen atoms in total. The van der Waals surface area contributed by atoms with Gasteiger partial charge in [0.1, 0.15) is 18.1 Å². The Hall–Kier alpha value is -2.27. The molecule has 1 unspecified atom stereocenters. The molecule has 0 radical (unpaired) electrons. The van der Waals surface area contributed by atoms with E-state index in [9.17, 15) is 0 Å². The highest BCUT2D eigenvalue weighted by molar-refractivity contribution is 6.74. The van der Waals surface area contributed by atoms with Gasteiger partial charge in [0.25, 0.3) is 0 Å². The lowest BCUT2D eigenvalue weighted by atomic mass is 10.0. The van der Waals surface area contributed by atoms with Gasteiger partial charge in [0.15, 0.2) is 8.32 Å². The Morgan fingerprint density at radius 2 is 1.66 bits per heavy atom. The second-order valence-corrected chi connectivity index (χ2v) is 15.1. The van der Waals surface area contributed by atoms with Crippen molar-refractivity contribution in [1.82, 2.24) is 0 Å². The Morgan fingerprint density at radius 1 is 0.969 bits per heavy atom. The largest absolute Gasteiger partial charge is 0.489 e. The summed E-state index contributed by atoms with van der Waals surface area (Å²) in [6, 6.07) is 24.0. The smallest absolute Gasteiger partial charge is 0.232 e. The molecule has 0 saturated carbocycles. The van der Waals surface area contributed by atoms with Crippen molar-refractivity contribution >= 4 is 19.9 Å². The highest BCUT2D eigenvalue weighted by Gasteiger charge is 2.50. The number of hydrogen-bond acceptors (Lipinski definition) is 3. The normalized spacial score (nSPS) is 18.2. The van der Waals surface area contributed by atoms with E-state index in [1.807, 2.05) is 54.6 Å². The summed E-state index contributed by atoms with van der Waals surface area (Å²) in [6.45, 7) is 11.8. The molecule has 0 N–H and O–H groups in total. The van der Waals surface area contributed by atoms with Gasteiger partial charge in [0.2, 0.25) is 5.79 Å². The average Bonchev–Trinajstić information content (AvgIpc) is 3.10. The number of ether oxygens (including phenoxy) is 2. The maximum atomic E-state index is 6.96. The Bertz CT molecular complexity index is 1070. The molecule has 0 aromatic heterocycles. The molecule has 3 aromatic carbocycles. The summed E-state index contributed by atoms with van der Waals surface area (Å²) in [6.07, 6.45) is 0.648. The van der Waals surface area contributed by atoms with Crippen LogP contribution in [0.15, 0.2) is 72.8 Å². The average molecular weight is 467 g/mol. The minimum Gasteiger partial charge on any atom is -0.489 e. The molecule has 0 aliphatic carbocycles. The molecule has 0 bridgehead atoms. The monoisotopic (exact) mass is 466 g/mol. The van der Waals surface area contributed by atoms with Gasteiger partial charge in [-0.2, -0.15) is 0 Å². The van der Waals surface area contributed by atoms with Crippen molar-refractivity contribution in [2.45, 2.75) is 57.7 Å². The van der Waals surface area contributed by atoms with Crippen LogP contribution in [0.1, 0.15) is 37.5 Å². The molecule has 1 atom stereocenters. The van der Waals surface area contributed by atoms with E-state index in [1.54, 1.807) is 0 Å². The number of rotatable bonds is 6. The van der Waals surface area contributed by atoms with Crippen molar-refractivity contribution in [2.24, 2.45) is 0 Å². The zero-order valence-electron chi connectivity index (χ0n) is 19.4. The van der Waals surface area contributed by atoms with Crippen LogP contribution in [0, 0.1) is 0 Å².